The summed E-state index contributed by atoms with van der Waals surface area (Å²) < 4.78 is 29.3. The molecule has 0 bridgehead atoms. The molecule has 0 heterocycles. The van der Waals surface area contributed by atoms with Crippen molar-refractivity contribution in [2.24, 2.45) is 0 Å². The zero-order valence-electron chi connectivity index (χ0n) is 15.3. The van der Waals surface area contributed by atoms with Crippen molar-refractivity contribution in [2.75, 3.05) is 7.11 Å². The van der Waals surface area contributed by atoms with Crippen molar-refractivity contribution in [3.8, 4) is 0 Å². The fourth-order valence-electron chi connectivity index (χ4n) is 2.38. The summed E-state index contributed by atoms with van der Waals surface area (Å²) in [7, 11) is -2.03. The monoisotopic (exact) mass is 336 g/mol. The number of hydrogen-bond acceptors (Lipinski definition) is 4. The van der Waals surface area contributed by atoms with Gasteiger partial charge in [-0.3, -0.25) is 13.6 Å². The summed E-state index contributed by atoms with van der Waals surface area (Å²) in [6, 6.07) is 0. The largest absolute Gasteiger partial charge is 0.475 e. The van der Waals surface area contributed by atoms with E-state index < -0.39 is 7.82 Å². The molecule has 0 aromatic heterocycles. The Morgan fingerprint density at radius 3 is 1.45 bits per heavy atom. The molecule has 0 amide bonds. The third-order valence-corrected chi connectivity index (χ3v) is 5.51. The van der Waals surface area contributed by atoms with Gasteiger partial charge in [0.1, 0.15) is 0 Å². The van der Waals surface area contributed by atoms with Crippen LogP contribution < -0.4 is 0 Å². The van der Waals surface area contributed by atoms with Crippen molar-refractivity contribution in [3.05, 3.63) is 0 Å². The third kappa shape index (κ3) is 9.99. The maximum atomic E-state index is 12.7. The van der Waals surface area contributed by atoms with Crippen LogP contribution in [0.5, 0.6) is 0 Å². The van der Waals surface area contributed by atoms with E-state index in [1.54, 1.807) is 0 Å². The molecule has 0 N–H and O–H groups in total. The van der Waals surface area contributed by atoms with E-state index in [-0.39, 0.29) is 12.2 Å². The van der Waals surface area contributed by atoms with Crippen LogP contribution in [0.1, 0.15) is 91.9 Å². The normalized spacial score (nSPS) is 17.1. The summed E-state index contributed by atoms with van der Waals surface area (Å²) in [4.78, 5) is 0. The second kappa shape index (κ2) is 13.5. The molecule has 2 atom stereocenters. The first-order valence-corrected chi connectivity index (χ1v) is 10.5. The summed E-state index contributed by atoms with van der Waals surface area (Å²) in [6.45, 7) is 8.45. The van der Waals surface area contributed by atoms with Crippen LogP contribution in [0.25, 0.3) is 0 Å². The number of hydrogen-bond donors (Lipinski definition) is 0. The van der Waals surface area contributed by atoms with Gasteiger partial charge in [0.15, 0.2) is 0 Å². The van der Waals surface area contributed by atoms with E-state index in [1.165, 1.54) is 32.8 Å². The van der Waals surface area contributed by atoms with Crippen LogP contribution in [0.3, 0.4) is 0 Å². The lowest BCUT2D eigenvalue weighted by Crippen LogP contribution is -2.17. The van der Waals surface area contributed by atoms with Crippen molar-refractivity contribution in [3.63, 3.8) is 0 Å². The lowest BCUT2D eigenvalue weighted by molar-refractivity contribution is 0.0527. The van der Waals surface area contributed by atoms with Crippen LogP contribution in [0.4, 0.5) is 0 Å². The Morgan fingerprint density at radius 2 is 1.18 bits per heavy atom. The highest BCUT2D eigenvalue weighted by Gasteiger charge is 2.31. The van der Waals surface area contributed by atoms with Gasteiger partial charge in [-0.25, -0.2) is 4.57 Å². The van der Waals surface area contributed by atoms with Crippen molar-refractivity contribution in [2.45, 2.75) is 104 Å². The van der Waals surface area contributed by atoms with Crippen LogP contribution in [-0.4, -0.2) is 19.3 Å². The van der Waals surface area contributed by atoms with Gasteiger partial charge < -0.3 is 0 Å². The molecule has 0 aliphatic rings. The molecule has 0 spiro atoms. The number of unbranched alkanes of at least 4 members (excludes halogenated alkanes) is 4. The quantitative estimate of drug-likeness (QED) is 0.253. The van der Waals surface area contributed by atoms with Gasteiger partial charge in [0, 0.05) is 7.11 Å². The lowest BCUT2D eigenvalue weighted by atomic mass is 10.1. The molecule has 2 unspecified atom stereocenters. The molecule has 134 valence electrons. The zero-order chi connectivity index (χ0) is 16.8. The van der Waals surface area contributed by atoms with E-state index in [1.807, 2.05) is 0 Å². The summed E-state index contributed by atoms with van der Waals surface area (Å²) in [5.74, 6) is 0. The van der Waals surface area contributed by atoms with E-state index in [0.717, 1.165) is 38.5 Å². The third-order valence-electron chi connectivity index (χ3n) is 3.95. The first-order chi connectivity index (χ1) is 10.5. The van der Waals surface area contributed by atoms with E-state index in [0.29, 0.717) is 0 Å². The average Bonchev–Trinajstić information content (AvgIpc) is 2.53. The minimum absolute atomic E-state index is 0.0505. The Bertz CT molecular complexity index is 272. The van der Waals surface area contributed by atoms with Crippen LogP contribution in [0, 0.1) is 0 Å². The molecule has 0 radical (unpaired) electrons. The molecule has 0 saturated carbocycles. The predicted octanol–water partition coefficient (Wildman–Crippen LogP) is 6.49. The van der Waals surface area contributed by atoms with Crippen LogP contribution in [0.2, 0.25) is 0 Å². The van der Waals surface area contributed by atoms with Crippen LogP contribution >= 0.6 is 7.82 Å². The maximum Gasteiger partial charge on any atom is 0.475 e. The maximum absolute atomic E-state index is 12.7. The average molecular weight is 336 g/mol. The van der Waals surface area contributed by atoms with Crippen molar-refractivity contribution < 1.29 is 18.1 Å². The molecule has 4 nitrogen and oxygen atoms in total. The summed E-state index contributed by atoms with van der Waals surface area (Å²) in [6.07, 6.45) is 10.2. The van der Waals surface area contributed by atoms with Gasteiger partial charge in [0.25, 0.3) is 0 Å². The van der Waals surface area contributed by atoms with E-state index in [4.69, 9.17) is 13.6 Å². The molecule has 0 saturated heterocycles. The highest BCUT2D eigenvalue weighted by atomic mass is 31.2. The Labute approximate surface area is 137 Å². The molecule has 0 aliphatic heterocycles. The molecule has 0 aliphatic carbocycles. The molecule has 0 rings (SSSR count). The van der Waals surface area contributed by atoms with Gasteiger partial charge in [-0.2, -0.15) is 0 Å². The second-order valence-corrected chi connectivity index (χ2v) is 7.57. The van der Waals surface area contributed by atoms with E-state index in [9.17, 15) is 4.57 Å². The highest BCUT2D eigenvalue weighted by molar-refractivity contribution is 7.48. The smallest absolute Gasteiger partial charge is 0.290 e. The van der Waals surface area contributed by atoms with E-state index in [2.05, 4.69) is 27.7 Å². The topological polar surface area (TPSA) is 44.8 Å². The number of phosphoric acid groups is 1. The predicted molar refractivity (Wildman–Crippen MR) is 93.2 cm³/mol. The van der Waals surface area contributed by atoms with Gasteiger partial charge in [0.05, 0.1) is 12.2 Å². The second-order valence-electron chi connectivity index (χ2n) is 5.89. The zero-order valence-corrected chi connectivity index (χ0v) is 16.2. The molecule has 0 aromatic rings. The molecule has 22 heavy (non-hydrogen) atoms. The molecule has 0 fully saturated rings. The van der Waals surface area contributed by atoms with Gasteiger partial charge in [-0.15, -0.1) is 0 Å². The van der Waals surface area contributed by atoms with Gasteiger partial charge in [-0.05, 0) is 25.7 Å². The molecule has 5 heteroatoms. The minimum atomic E-state index is -3.44. The molecular formula is C17H37O4P. The molecule has 0 aromatic carbocycles. The highest BCUT2D eigenvalue weighted by Crippen LogP contribution is 2.52. The van der Waals surface area contributed by atoms with Crippen molar-refractivity contribution in [1.29, 1.82) is 0 Å². The van der Waals surface area contributed by atoms with Gasteiger partial charge in [-0.1, -0.05) is 66.2 Å². The van der Waals surface area contributed by atoms with Gasteiger partial charge >= 0.3 is 7.82 Å². The minimum Gasteiger partial charge on any atom is -0.290 e. The first-order valence-electron chi connectivity index (χ1n) is 9.07. The SMILES string of the molecule is CCCCCC(CC)OP(=O)(OC)OC(CC)CCCCC. The van der Waals surface area contributed by atoms with Crippen LogP contribution in [-0.2, 0) is 18.1 Å². The Kier molecular flexibility index (Phi) is 13.6. The summed E-state index contributed by atoms with van der Waals surface area (Å²) >= 11 is 0. The van der Waals surface area contributed by atoms with Gasteiger partial charge in [0.2, 0.25) is 0 Å². The van der Waals surface area contributed by atoms with Crippen molar-refractivity contribution in [1.82, 2.24) is 0 Å². The fraction of sp³-hybridized carbons (Fsp3) is 1.00. The van der Waals surface area contributed by atoms with Crippen LogP contribution in [0.15, 0.2) is 0 Å². The van der Waals surface area contributed by atoms with Crippen molar-refractivity contribution >= 4 is 7.82 Å². The summed E-state index contributed by atoms with van der Waals surface area (Å²) in [5.41, 5.74) is 0. The summed E-state index contributed by atoms with van der Waals surface area (Å²) in [5, 5.41) is 0. The standard InChI is InChI=1S/C17H37O4P/c1-6-10-12-14-16(8-3)20-22(18,19-5)21-17(9-4)15-13-11-7-2/h16-17H,6-15H2,1-5H3. The number of phosphoric ester groups is 1. The first kappa shape index (κ1) is 22.1. The fourth-order valence-corrected chi connectivity index (χ4v) is 3.84. The number of rotatable bonds is 15. The Hall–Kier alpha value is 0.110. The molecular weight excluding hydrogens is 299 g/mol. The Morgan fingerprint density at radius 1 is 0.773 bits per heavy atom. The lowest BCUT2D eigenvalue weighted by Gasteiger charge is -2.25. The Balaban J connectivity index is 4.47. The van der Waals surface area contributed by atoms with E-state index >= 15 is 0 Å².